The topological polar surface area (TPSA) is 90.6 Å². The molecule has 110 valence electrons. The second-order valence-electron chi connectivity index (χ2n) is 4.26. The largest absolute Gasteiger partial charge is 0.468 e. The molecule has 1 rings (SSSR count). The highest BCUT2D eigenvalue weighted by Gasteiger charge is 2.12. The molecule has 0 aromatic heterocycles. The number of hydrogen-bond donors (Lipinski definition) is 2. The predicted octanol–water partition coefficient (Wildman–Crippen LogP) is 1.19. The highest BCUT2D eigenvalue weighted by Crippen LogP contribution is 2.00. The number of nitrogens with two attached hydrogens (primary N) is 1. The van der Waals surface area contributed by atoms with Gasteiger partial charge in [0.25, 0.3) is 0 Å². The number of rotatable bonds is 7. The van der Waals surface area contributed by atoms with Gasteiger partial charge in [-0.05, 0) is 18.4 Å². The van der Waals surface area contributed by atoms with Crippen LogP contribution in [0.15, 0.2) is 30.3 Å². The molecule has 0 spiro atoms. The molecule has 0 fully saturated rings. The van der Waals surface area contributed by atoms with Gasteiger partial charge in [0, 0.05) is 6.54 Å². The van der Waals surface area contributed by atoms with E-state index in [1.807, 2.05) is 30.3 Å². The number of nitrogens with one attached hydrogen (secondary N) is 1. The van der Waals surface area contributed by atoms with Crippen molar-refractivity contribution in [2.24, 2.45) is 5.73 Å². The van der Waals surface area contributed by atoms with E-state index in [-0.39, 0.29) is 6.61 Å². The number of hydrogen-bond acceptors (Lipinski definition) is 5. The average molecular weight is 280 g/mol. The summed E-state index contributed by atoms with van der Waals surface area (Å²) in [6.45, 7) is 0.632. The summed E-state index contributed by atoms with van der Waals surface area (Å²) in [7, 11) is 1.29. The van der Waals surface area contributed by atoms with Crippen LogP contribution in [0, 0.1) is 0 Å². The first-order chi connectivity index (χ1) is 9.63. The van der Waals surface area contributed by atoms with Gasteiger partial charge in [0.05, 0.1) is 7.11 Å². The van der Waals surface area contributed by atoms with Crippen LogP contribution in [0.2, 0.25) is 0 Å². The highest BCUT2D eigenvalue weighted by atomic mass is 16.5. The molecule has 0 bridgehead atoms. The Hall–Kier alpha value is -2.08. The summed E-state index contributed by atoms with van der Waals surface area (Å²) in [5.74, 6) is -0.448. The molecule has 0 heterocycles. The average Bonchev–Trinajstić information content (AvgIpc) is 2.49. The molecule has 1 amide bonds. The zero-order valence-corrected chi connectivity index (χ0v) is 11.5. The van der Waals surface area contributed by atoms with Gasteiger partial charge in [-0.15, -0.1) is 0 Å². The summed E-state index contributed by atoms with van der Waals surface area (Å²) in [5, 5.41) is 2.60. The Bertz CT molecular complexity index is 422. The Balaban J connectivity index is 2.10. The van der Waals surface area contributed by atoms with E-state index in [2.05, 4.69) is 10.1 Å². The molecule has 1 atom stereocenters. The summed E-state index contributed by atoms with van der Waals surface area (Å²) in [6.07, 6.45) is 0.544. The van der Waals surface area contributed by atoms with E-state index in [0.717, 1.165) is 5.56 Å². The second kappa shape index (κ2) is 8.92. The first-order valence-electron chi connectivity index (χ1n) is 6.41. The van der Waals surface area contributed by atoms with Crippen molar-refractivity contribution in [3.63, 3.8) is 0 Å². The van der Waals surface area contributed by atoms with Gasteiger partial charge < -0.3 is 20.5 Å². The first kappa shape index (κ1) is 16.0. The number of benzene rings is 1. The van der Waals surface area contributed by atoms with E-state index in [1.165, 1.54) is 7.11 Å². The second-order valence-corrected chi connectivity index (χ2v) is 4.26. The maximum Gasteiger partial charge on any atom is 0.407 e. The van der Waals surface area contributed by atoms with E-state index >= 15 is 0 Å². The summed E-state index contributed by atoms with van der Waals surface area (Å²) >= 11 is 0. The normalized spacial score (nSPS) is 11.5. The zero-order chi connectivity index (χ0) is 14.8. The quantitative estimate of drug-likeness (QED) is 0.578. The van der Waals surface area contributed by atoms with Crippen LogP contribution < -0.4 is 11.1 Å². The molecule has 0 radical (unpaired) electrons. The minimum atomic E-state index is -0.651. The lowest BCUT2D eigenvalue weighted by Crippen LogP contribution is -2.33. The first-order valence-corrected chi connectivity index (χ1v) is 6.41. The third kappa shape index (κ3) is 6.19. The Morgan fingerprint density at radius 3 is 2.65 bits per heavy atom. The molecule has 0 aliphatic carbocycles. The van der Waals surface area contributed by atoms with Crippen LogP contribution in [-0.4, -0.2) is 31.8 Å². The van der Waals surface area contributed by atoms with E-state index in [9.17, 15) is 9.59 Å². The zero-order valence-electron chi connectivity index (χ0n) is 11.5. The fourth-order valence-electron chi connectivity index (χ4n) is 1.56. The summed E-state index contributed by atoms with van der Waals surface area (Å²) in [4.78, 5) is 22.4. The van der Waals surface area contributed by atoms with Crippen LogP contribution in [-0.2, 0) is 20.9 Å². The molecular formula is C14H20N2O4. The van der Waals surface area contributed by atoms with E-state index in [0.29, 0.717) is 19.4 Å². The highest BCUT2D eigenvalue weighted by molar-refractivity contribution is 5.75. The number of carbonyl (C=O) groups is 2. The van der Waals surface area contributed by atoms with Crippen molar-refractivity contribution in [3.05, 3.63) is 35.9 Å². The van der Waals surface area contributed by atoms with E-state index in [4.69, 9.17) is 10.5 Å². The lowest BCUT2D eigenvalue weighted by atomic mass is 10.2. The van der Waals surface area contributed by atoms with Gasteiger partial charge in [0.15, 0.2) is 0 Å². The molecular weight excluding hydrogens is 260 g/mol. The van der Waals surface area contributed by atoms with Crippen molar-refractivity contribution in [1.82, 2.24) is 5.32 Å². The molecule has 6 nitrogen and oxygen atoms in total. The molecule has 0 aliphatic heterocycles. The SMILES string of the molecule is COC(=O)[C@@H](N)CCCNC(=O)OCc1ccccc1. The molecule has 1 aromatic carbocycles. The summed E-state index contributed by atoms with van der Waals surface area (Å²) in [6, 6.07) is 8.76. The molecule has 0 aliphatic rings. The fourth-order valence-corrected chi connectivity index (χ4v) is 1.56. The van der Waals surface area contributed by atoms with Crippen LogP contribution >= 0.6 is 0 Å². The van der Waals surface area contributed by atoms with Crippen molar-refractivity contribution in [2.75, 3.05) is 13.7 Å². The molecule has 3 N–H and O–H groups in total. The van der Waals surface area contributed by atoms with Crippen molar-refractivity contribution in [3.8, 4) is 0 Å². The summed E-state index contributed by atoms with van der Waals surface area (Å²) < 4.78 is 9.53. The van der Waals surface area contributed by atoms with Crippen LogP contribution in [0.3, 0.4) is 0 Å². The van der Waals surface area contributed by atoms with Gasteiger partial charge in [-0.3, -0.25) is 4.79 Å². The maximum absolute atomic E-state index is 11.4. The Kier molecular flexibility index (Phi) is 7.13. The molecule has 1 aromatic rings. The third-order valence-corrected chi connectivity index (χ3v) is 2.68. The van der Waals surface area contributed by atoms with Gasteiger partial charge in [-0.25, -0.2) is 4.79 Å². The summed E-state index contributed by atoms with van der Waals surface area (Å²) in [5.41, 5.74) is 6.49. The Morgan fingerprint density at radius 2 is 2.00 bits per heavy atom. The van der Waals surface area contributed by atoms with Crippen molar-refractivity contribution in [1.29, 1.82) is 0 Å². The fraction of sp³-hybridized carbons (Fsp3) is 0.429. The van der Waals surface area contributed by atoms with Crippen LogP contribution in [0.4, 0.5) is 4.79 Å². The Morgan fingerprint density at radius 1 is 1.30 bits per heavy atom. The van der Waals surface area contributed by atoms with Gasteiger partial charge in [0.1, 0.15) is 12.6 Å². The lowest BCUT2D eigenvalue weighted by Gasteiger charge is -2.10. The molecule has 0 saturated heterocycles. The number of carbonyl (C=O) groups excluding carboxylic acids is 2. The van der Waals surface area contributed by atoms with Crippen LogP contribution in [0.1, 0.15) is 18.4 Å². The van der Waals surface area contributed by atoms with Crippen LogP contribution in [0.5, 0.6) is 0 Å². The van der Waals surface area contributed by atoms with E-state index in [1.54, 1.807) is 0 Å². The lowest BCUT2D eigenvalue weighted by molar-refractivity contribution is -0.142. The number of methoxy groups -OCH3 is 1. The Labute approximate surface area is 118 Å². The minimum Gasteiger partial charge on any atom is -0.468 e. The van der Waals surface area contributed by atoms with Crippen molar-refractivity contribution >= 4 is 12.1 Å². The molecule has 0 unspecified atom stereocenters. The van der Waals surface area contributed by atoms with Gasteiger partial charge in [-0.1, -0.05) is 30.3 Å². The van der Waals surface area contributed by atoms with Crippen molar-refractivity contribution in [2.45, 2.75) is 25.5 Å². The number of alkyl carbamates (subject to hydrolysis) is 1. The smallest absolute Gasteiger partial charge is 0.407 e. The number of amides is 1. The minimum absolute atomic E-state index is 0.231. The van der Waals surface area contributed by atoms with Crippen LogP contribution in [0.25, 0.3) is 0 Å². The van der Waals surface area contributed by atoms with Crippen molar-refractivity contribution < 1.29 is 19.1 Å². The number of ether oxygens (including phenoxy) is 2. The predicted molar refractivity (Wildman–Crippen MR) is 73.9 cm³/mol. The van der Waals surface area contributed by atoms with E-state index < -0.39 is 18.1 Å². The van der Waals surface area contributed by atoms with Gasteiger partial charge in [0.2, 0.25) is 0 Å². The molecule has 20 heavy (non-hydrogen) atoms. The number of esters is 1. The maximum atomic E-state index is 11.4. The molecule has 6 heteroatoms. The third-order valence-electron chi connectivity index (χ3n) is 2.68. The standard InChI is InChI=1S/C14H20N2O4/c1-19-13(17)12(15)8-5-9-16-14(18)20-10-11-6-3-2-4-7-11/h2-4,6-7,12H,5,8-10,15H2,1H3,(H,16,18)/t12-/m0/s1. The molecule has 0 saturated carbocycles. The monoisotopic (exact) mass is 280 g/mol. The van der Waals surface area contributed by atoms with Gasteiger partial charge in [-0.2, -0.15) is 0 Å². The van der Waals surface area contributed by atoms with Gasteiger partial charge >= 0.3 is 12.1 Å².